The first-order valence-corrected chi connectivity index (χ1v) is 10.2. The summed E-state index contributed by atoms with van der Waals surface area (Å²) in [6.45, 7) is -0.958. The molecule has 0 amide bonds. The Morgan fingerprint density at radius 2 is 1.67 bits per heavy atom. The molecule has 1 aromatic carbocycles. The molecule has 15 heteroatoms. The van der Waals surface area contributed by atoms with E-state index in [1.807, 2.05) is 0 Å². The highest BCUT2D eigenvalue weighted by Gasteiger charge is 2.39. The second-order valence-corrected chi connectivity index (χ2v) is 7.96. The summed E-state index contributed by atoms with van der Waals surface area (Å²) in [7, 11) is -2.93. The van der Waals surface area contributed by atoms with Crippen molar-refractivity contribution in [1.82, 2.24) is 0 Å². The van der Waals surface area contributed by atoms with E-state index in [9.17, 15) is 22.4 Å². The van der Waals surface area contributed by atoms with E-state index in [-0.39, 0.29) is 21.3 Å². The molecule has 1 rings (SSSR count). The number of methoxy groups -OCH3 is 2. The lowest BCUT2D eigenvalue weighted by Crippen LogP contribution is -2.45. The van der Waals surface area contributed by atoms with Crippen LogP contribution in [0.2, 0.25) is 15.1 Å². The Balaban J connectivity index is 3.35. The lowest BCUT2D eigenvalue weighted by Gasteiger charge is -2.26. The van der Waals surface area contributed by atoms with Crippen molar-refractivity contribution in [2.75, 3.05) is 20.8 Å². The van der Waals surface area contributed by atoms with Gasteiger partial charge in [0, 0.05) is 6.21 Å². The molecule has 30 heavy (non-hydrogen) atoms. The smallest absolute Gasteiger partial charge is 0.438 e. The number of rotatable bonds is 9. The van der Waals surface area contributed by atoms with E-state index in [0.717, 1.165) is 26.4 Å². The van der Waals surface area contributed by atoms with Crippen LogP contribution in [-0.4, -0.2) is 66.1 Å². The van der Waals surface area contributed by atoms with Gasteiger partial charge in [0.1, 0.15) is 11.5 Å². The number of carbonyl (C=O) groups excluding carboxylic acids is 2. The molecule has 0 heterocycles. The number of ether oxygens (including phenoxy) is 4. The van der Waals surface area contributed by atoms with Crippen LogP contribution in [0.1, 0.15) is 0 Å². The average molecular weight is 511 g/mol. The molecular formula is C15H15Cl3FNO9S. The lowest BCUT2D eigenvalue weighted by atomic mass is 10.1. The van der Waals surface area contributed by atoms with Crippen molar-refractivity contribution in [3.8, 4) is 0 Å². The minimum atomic E-state index is -4.79. The highest BCUT2D eigenvalue weighted by atomic mass is 35.5. The second kappa shape index (κ2) is 11.5. The second-order valence-electron chi connectivity index (χ2n) is 5.20. The van der Waals surface area contributed by atoms with E-state index in [4.69, 9.17) is 44.4 Å². The fourth-order valence-corrected chi connectivity index (χ4v) is 3.95. The predicted molar refractivity (Wildman–Crippen MR) is 103 cm³/mol. The number of nitrogens with one attached hydrogen (secondary N) is 1. The van der Waals surface area contributed by atoms with E-state index in [2.05, 4.69) is 18.9 Å². The van der Waals surface area contributed by atoms with Crippen molar-refractivity contribution in [3.63, 3.8) is 0 Å². The zero-order valence-corrected chi connectivity index (χ0v) is 18.3. The summed E-state index contributed by atoms with van der Waals surface area (Å²) in [5, 5.41) is 6.43. The van der Waals surface area contributed by atoms with Crippen LogP contribution in [0.5, 0.6) is 0 Å². The van der Waals surface area contributed by atoms with Gasteiger partial charge in [0.15, 0.2) is 18.4 Å². The Labute approximate surface area is 185 Å². The number of halogens is 4. The molecule has 0 aliphatic rings. The number of carbonyl (C=O) groups is 2. The average Bonchev–Trinajstić information content (AvgIpc) is 2.70. The van der Waals surface area contributed by atoms with Gasteiger partial charge in [-0.25, -0.2) is 14.0 Å². The summed E-state index contributed by atoms with van der Waals surface area (Å²) in [5.41, 5.74) is 0. The summed E-state index contributed by atoms with van der Waals surface area (Å²) in [4.78, 5) is 22.0. The first-order chi connectivity index (χ1) is 14.0. The van der Waals surface area contributed by atoms with Gasteiger partial charge < -0.3 is 24.4 Å². The molecule has 10 nitrogen and oxygen atoms in total. The molecule has 0 aliphatic carbocycles. The predicted octanol–water partition coefficient (Wildman–Crippen LogP) is 3.64. The molecule has 0 aliphatic heterocycles. The number of alkyl halides is 1. The summed E-state index contributed by atoms with van der Waals surface area (Å²) in [6, 6.07) is 1.90. The van der Waals surface area contributed by atoms with Crippen LogP contribution < -0.4 is 0 Å². The fourth-order valence-electron chi connectivity index (χ4n) is 1.90. The molecular weight excluding hydrogens is 496 g/mol. The third kappa shape index (κ3) is 7.13. The standard InChI is InChI=1S/C15H15Cl3FNO9S/c1-25-14(21)27-6-11(13(10(19)5-20)28-15(22)26-2)29-30(23,24)12-4-8(17)7(16)3-9(12)18/h3-5,10-11,13,20H,6H2,1-2H3/t10-,11-,13+/m1/s1. The minimum absolute atomic E-state index is 0.0503. The van der Waals surface area contributed by atoms with Gasteiger partial charge in [0.2, 0.25) is 0 Å². The van der Waals surface area contributed by atoms with Crippen LogP contribution in [0, 0.1) is 5.41 Å². The third-order valence-electron chi connectivity index (χ3n) is 3.27. The van der Waals surface area contributed by atoms with Gasteiger partial charge >= 0.3 is 12.3 Å². The van der Waals surface area contributed by atoms with Crippen molar-refractivity contribution in [2.24, 2.45) is 0 Å². The fraction of sp³-hybridized carbons (Fsp3) is 0.400. The summed E-state index contributed by atoms with van der Waals surface area (Å²) < 4.78 is 62.2. The monoisotopic (exact) mass is 509 g/mol. The zero-order valence-electron chi connectivity index (χ0n) is 15.3. The SMILES string of the molecule is COC(=O)OC[C@@H](OS(=O)(=O)c1cc(Cl)c(Cl)cc1Cl)[C@@H](OC(=O)OC)[C@H](F)C=N. The zero-order chi connectivity index (χ0) is 23.1. The van der Waals surface area contributed by atoms with E-state index in [1.54, 1.807) is 0 Å². The number of hydrogen-bond acceptors (Lipinski definition) is 10. The maximum atomic E-state index is 14.2. The molecule has 0 bridgehead atoms. The van der Waals surface area contributed by atoms with Crippen LogP contribution in [0.3, 0.4) is 0 Å². The van der Waals surface area contributed by atoms with E-state index in [1.165, 1.54) is 0 Å². The van der Waals surface area contributed by atoms with Gasteiger partial charge in [0.25, 0.3) is 10.1 Å². The highest BCUT2D eigenvalue weighted by Crippen LogP contribution is 2.33. The molecule has 0 radical (unpaired) electrons. The van der Waals surface area contributed by atoms with E-state index >= 15 is 0 Å². The quantitative estimate of drug-likeness (QED) is 0.228. The Morgan fingerprint density at radius 3 is 2.20 bits per heavy atom. The Bertz CT molecular complexity index is 900. The molecule has 0 spiro atoms. The molecule has 0 aromatic heterocycles. The van der Waals surface area contributed by atoms with Gasteiger partial charge in [-0.3, -0.25) is 4.18 Å². The van der Waals surface area contributed by atoms with Crippen LogP contribution in [0.15, 0.2) is 17.0 Å². The van der Waals surface area contributed by atoms with Crippen LogP contribution >= 0.6 is 34.8 Å². The van der Waals surface area contributed by atoms with Crippen molar-refractivity contribution < 1.29 is 45.5 Å². The Morgan fingerprint density at radius 1 is 1.10 bits per heavy atom. The van der Waals surface area contributed by atoms with Crippen molar-refractivity contribution in [2.45, 2.75) is 23.3 Å². The number of benzene rings is 1. The topological polar surface area (TPSA) is 138 Å². The maximum absolute atomic E-state index is 14.2. The molecule has 0 saturated heterocycles. The minimum Gasteiger partial charge on any atom is -0.438 e. The van der Waals surface area contributed by atoms with Crippen molar-refractivity contribution in [1.29, 1.82) is 5.41 Å². The molecule has 1 aromatic rings. The molecule has 1 N–H and O–H groups in total. The molecule has 0 saturated carbocycles. The summed E-state index contributed by atoms with van der Waals surface area (Å²) in [6.07, 6.45) is -8.89. The lowest BCUT2D eigenvalue weighted by molar-refractivity contribution is -0.0573. The molecule has 0 unspecified atom stereocenters. The van der Waals surface area contributed by atoms with Gasteiger partial charge in [-0.1, -0.05) is 34.8 Å². The van der Waals surface area contributed by atoms with Gasteiger partial charge in [-0.15, -0.1) is 0 Å². The van der Waals surface area contributed by atoms with Crippen LogP contribution in [0.25, 0.3) is 0 Å². The molecule has 0 fully saturated rings. The largest absolute Gasteiger partial charge is 0.508 e. The first-order valence-electron chi connectivity index (χ1n) is 7.64. The van der Waals surface area contributed by atoms with Gasteiger partial charge in [-0.2, -0.15) is 8.42 Å². The van der Waals surface area contributed by atoms with Crippen molar-refractivity contribution in [3.05, 3.63) is 27.2 Å². The van der Waals surface area contributed by atoms with Gasteiger partial charge in [0.05, 0.1) is 29.3 Å². The first kappa shape index (κ1) is 26.2. The number of hydrogen-bond donors (Lipinski definition) is 1. The third-order valence-corrected chi connectivity index (χ3v) is 5.79. The Hall–Kier alpha value is -1.86. The molecule has 3 atom stereocenters. The van der Waals surface area contributed by atoms with Gasteiger partial charge in [-0.05, 0) is 12.1 Å². The highest BCUT2D eigenvalue weighted by molar-refractivity contribution is 7.87. The normalized spacial score (nSPS) is 14.2. The molecule has 168 valence electrons. The summed E-state index contributed by atoms with van der Waals surface area (Å²) in [5.74, 6) is 0. The van der Waals surface area contributed by atoms with Crippen LogP contribution in [0.4, 0.5) is 14.0 Å². The Kier molecular flexibility index (Phi) is 10.0. The van der Waals surface area contributed by atoms with Crippen molar-refractivity contribution >= 4 is 63.4 Å². The van der Waals surface area contributed by atoms with Crippen LogP contribution in [-0.2, 0) is 33.2 Å². The van der Waals surface area contributed by atoms with E-state index in [0.29, 0.717) is 0 Å². The summed E-state index contributed by atoms with van der Waals surface area (Å²) >= 11 is 17.4. The maximum Gasteiger partial charge on any atom is 0.508 e. The van der Waals surface area contributed by atoms with E-state index < -0.39 is 52.3 Å².